The summed E-state index contributed by atoms with van der Waals surface area (Å²) in [6.07, 6.45) is 2.96. The zero-order valence-corrected chi connectivity index (χ0v) is 14.1. The highest BCUT2D eigenvalue weighted by Crippen LogP contribution is 2.24. The zero-order chi connectivity index (χ0) is 16.2. The summed E-state index contributed by atoms with van der Waals surface area (Å²) in [5.41, 5.74) is 0.826. The summed E-state index contributed by atoms with van der Waals surface area (Å²) >= 11 is 0. The highest BCUT2D eigenvalue weighted by Gasteiger charge is 2.27. The van der Waals surface area contributed by atoms with Gasteiger partial charge in [-0.1, -0.05) is 12.1 Å². The van der Waals surface area contributed by atoms with Crippen molar-refractivity contribution in [1.82, 2.24) is 4.90 Å². The molecule has 1 unspecified atom stereocenters. The van der Waals surface area contributed by atoms with Crippen molar-refractivity contribution in [2.45, 2.75) is 45.6 Å². The van der Waals surface area contributed by atoms with Gasteiger partial charge in [-0.2, -0.15) is 0 Å². The van der Waals surface area contributed by atoms with Gasteiger partial charge in [-0.15, -0.1) is 0 Å². The van der Waals surface area contributed by atoms with Crippen LogP contribution in [0.4, 0.5) is 4.79 Å². The number of likely N-dealkylation sites (tertiary alicyclic amines) is 1. The minimum absolute atomic E-state index is 0.192. The Morgan fingerprint density at radius 2 is 2.14 bits per heavy atom. The van der Waals surface area contributed by atoms with E-state index < -0.39 is 5.60 Å². The number of methoxy groups -OCH3 is 1. The van der Waals surface area contributed by atoms with Gasteiger partial charge >= 0.3 is 6.09 Å². The molecule has 0 N–H and O–H groups in total. The Kier molecular flexibility index (Phi) is 5.33. The topological polar surface area (TPSA) is 38.8 Å². The quantitative estimate of drug-likeness (QED) is 0.850. The van der Waals surface area contributed by atoms with E-state index in [9.17, 15) is 4.79 Å². The van der Waals surface area contributed by atoms with Gasteiger partial charge in [0.15, 0.2) is 0 Å². The average Bonchev–Trinajstić information content (AvgIpc) is 2.46. The molecule has 2 rings (SSSR count). The summed E-state index contributed by atoms with van der Waals surface area (Å²) in [7, 11) is 1.68. The van der Waals surface area contributed by atoms with Gasteiger partial charge in [-0.25, -0.2) is 4.79 Å². The van der Waals surface area contributed by atoms with Crippen molar-refractivity contribution in [1.29, 1.82) is 0 Å². The highest BCUT2D eigenvalue weighted by molar-refractivity contribution is 5.68. The minimum atomic E-state index is -0.434. The van der Waals surface area contributed by atoms with E-state index >= 15 is 0 Å². The molecule has 1 fully saturated rings. The SMILES string of the molecule is COc1cccc(CC2CCCN(C(=O)OC(C)(C)C)C2)c1. The van der Waals surface area contributed by atoms with Crippen molar-refractivity contribution in [3.63, 3.8) is 0 Å². The molecule has 1 atom stereocenters. The lowest BCUT2D eigenvalue weighted by atomic mass is 9.91. The molecule has 4 heteroatoms. The van der Waals surface area contributed by atoms with Crippen molar-refractivity contribution < 1.29 is 14.3 Å². The van der Waals surface area contributed by atoms with E-state index in [2.05, 4.69) is 12.1 Å². The van der Waals surface area contributed by atoms with Gasteiger partial charge in [0.2, 0.25) is 0 Å². The lowest BCUT2D eigenvalue weighted by Gasteiger charge is -2.34. The predicted molar refractivity (Wildman–Crippen MR) is 87.2 cm³/mol. The molecule has 0 radical (unpaired) electrons. The third-order valence-electron chi connectivity index (χ3n) is 3.83. The number of piperidine rings is 1. The molecule has 122 valence electrons. The normalized spacial score (nSPS) is 18.9. The molecule has 22 heavy (non-hydrogen) atoms. The van der Waals surface area contributed by atoms with Gasteiger partial charge in [0, 0.05) is 13.1 Å². The molecule has 4 nitrogen and oxygen atoms in total. The van der Waals surface area contributed by atoms with Gasteiger partial charge in [-0.05, 0) is 63.6 Å². The van der Waals surface area contributed by atoms with Crippen LogP contribution in [0.2, 0.25) is 0 Å². The summed E-state index contributed by atoms with van der Waals surface area (Å²) in [5.74, 6) is 1.37. The lowest BCUT2D eigenvalue weighted by Crippen LogP contribution is -2.43. The first-order valence-corrected chi connectivity index (χ1v) is 7.98. The van der Waals surface area contributed by atoms with Crippen LogP contribution in [0.3, 0.4) is 0 Å². The van der Waals surface area contributed by atoms with Crippen LogP contribution >= 0.6 is 0 Å². The van der Waals surface area contributed by atoms with E-state index in [1.807, 2.05) is 37.8 Å². The Labute approximate surface area is 133 Å². The first-order valence-electron chi connectivity index (χ1n) is 7.98. The summed E-state index contributed by atoms with van der Waals surface area (Å²) in [6.45, 7) is 7.28. The molecule has 1 amide bonds. The number of nitrogens with zero attached hydrogens (tertiary/aromatic N) is 1. The van der Waals surface area contributed by atoms with E-state index in [-0.39, 0.29) is 6.09 Å². The first kappa shape index (κ1) is 16.7. The van der Waals surface area contributed by atoms with Gasteiger partial charge in [-0.3, -0.25) is 0 Å². The standard InChI is InChI=1S/C18H27NO3/c1-18(2,3)22-17(20)19-10-6-8-15(13-19)11-14-7-5-9-16(12-14)21-4/h5,7,9,12,15H,6,8,10-11,13H2,1-4H3. The molecule has 1 aromatic carbocycles. The number of benzene rings is 1. The van der Waals surface area contributed by atoms with E-state index in [0.29, 0.717) is 5.92 Å². The van der Waals surface area contributed by atoms with E-state index in [0.717, 1.165) is 38.1 Å². The first-order chi connectivity index (χ1) is 10.4. The fraction of sp³-hybridized carbons (Fsp3) is 0.611. The number of hydrogen-bond acceptors (Lipinski definition) is 3. The van der Waals surface area contributed by atoms with Crippen LogP contribution in [0.25, 0.3) is 0 Å². The van der Waals surface area contributed by atoms with Crippen LogP contribution in [-0.2, 0) is 11.2 Å². The summed E-state index contributed by atoms with van der Waals surface area (Å²) in [6, 6.07) is 8.17. The minimum Gasteiger partial charge on any atom is -0.497 e. The maximum absolute atomic E-state index is 12.2. The van der Waals surface area contributed by atoms with Crippen LogP contribution in [0.15, 0.2) is 24.3 Å². The van der Waals surface area contributed by atoms with Crippen LogP contribution in [0.1, 0.15) is 39.2 Å². The van der Waals surface area contributed by atoms with Gasteiger partial charge in [0.25, 0.3) is 0 Å². The second-order valence-electron chi connectivity index (χ2n) is 6.99. The van der Waals surface area contributed by atoms with Gasteiger partial charge in [0.05, 0.1) is 7.11 Å². The van der Waals surface area contributed by atoms with Crippen LogP contribution in [0, 0.1) is 5.92 Å². The Hall–Kier alpha value is -1.71. The molecule has 0 saturated carbocycles. The van der Waals surface area contributed by atoms with Crippen molar-refractivity contribution in [3.8, 4) is 5.75 Å². The number of rotatable bonds is 3. The number of carbonyl (C=O) groups is 1. The largest absolute Gasteiger partial charge is 0.497 e. The Morgan fingerprint density at radius 3 is 2.82 bits per heavy atom. The van der Waals surface area contributed by atoms with Crippen molar-refractivity contribution in [2.24, 2.45) is 5.92 Å². The zero-order valence-electron chi connectivity index (χ0n) is 14.1. The molecule has 1 aliphatic rings. The molecule has 0 aromatic heterocycles. The molecule has 0 bridgehead atoms. The molecule has 0 aliphatic carbocycles. The third-order valence-corrected chi connectivity index (χ3v) is 3.83. The van der Waals surface area contributed by atoms with Crippen LogP contribution in [-0.4, -0.2) is 36.8 Å². The fourth-order valence-corrected chi connectivity index (χ4v) is 2.86. The number of hydrogen-bond donors (Lipinski definition) is 0. The molecule has 1 aromatic rings. The number of ether oxygens (including phenoxy) is 2. The Balaban J connectivity index is 1.94. The molecule has 1 saturated heterocycles. The lowest BCUT2D eigenvalue weighted by molar-refractivity contribution is 0.0166. The Morgan fingerprint density at radius 1 is 1.36 bits per heavy atom. The molecule has 0 spiro atoms. The molecular weight excluding hydrogens is 278 g/mol. The fourth-order valence-electron chi connectivity index (χ4n) is 2.86. The monoisotopic (exact) mass is 305 g/mol. The number of carbonyl (C=O) groups excluding carboxylic acids is 1. The summed E-state index contributed by atoms with van der Waals surface area (Å²) in [4.78, 5) is 14.0. The van der Waals surface area contributed by atoms with Crippen LogP contribution in [0.5, 0.6) is 5.75 Å². The van der Waals surface area contributed by atoms with E-state index in [1.54, 1.807) is 7.11 Å². The van der Waals surface area contributed by atoms with E-state index in [4.69, 9.17) is 9.47 Å². The van der Waals surface area contributed by atoms with Crippen LogP contribution < -0.4 is 4.74 Å². The molecule has 1 aliphatic heterocycles. The summed E-state index contributed by atoms with van der Waals surface area (Å²) < 4.78 is 10.8. The average molecular weight is 305 g/mol. The molecule has 1 heterocycles. The summed E-state index contributed by atoms with van der Waals surface area (Å²) in [5, 5.41) is 0. The smallest absolute Gasteiger partial charge is 0.410 e. The second kappa shape index (κ2) is 7.03. The Bertz CT molecular complexity index is 507. The van der Waals surface area contributed by atoms with Crippen molar-refractivity contribution in [2.75, 3.05) is 20.2 Å². The van der Waals surface area contributed by atoms with E-state index in [1.165, 1.54) is 5.56 Å². The maximum Gasteiger partial charge on any atom is 0.410 e. The van der Waals surface area contributed by atoms with Crippen molar-refractivity contribution in [3.05, 3.63) is 29.8 Å². The highest BCUT2D eigenvalue weighted by atomic mass is 16.6. The molecular formula is C18H27NO3. The number of amides is 1. The predicted octanol–water partition coefficient (Wildman–Crippen LogP) is 3.88. The second-order valence-corrected chi connectivity index (χ2v) is 6.99. The van der Waals surface area contributed by atoms with Crippen molar-refractivity contribution >= 4 is 6.09 Å². The third kappa shape index (κ3) is 4.93. The maximum atomic E-state index is 12.2. The van der Waals surface area contributed by atoms with Gasteiger partial charge < -0.3 is 14.4 Å². The van der Waals surface area contributed by atoms with Gasteiger partial charge in [0.1, 0.15) is 11.4 Å².